The summed E-state index contributed by atoms with van der Waals surface area (Å²) < 4.78 is 32.5. The van der Waals surface area contributed by atoms with Gasteiger partial charge in [-0.2, -0.15) is 9.29 Å². The van der Waals surface area contributed by atoms with Gasteiger partial charge in [-0.05, 0) is 23.1 Å². The van der Waals surface area contributed by atoms with Gasteiger partial charge in [0, 0.05) is 18.7 Å². The highest BCUT2D eigenvalue weighted by Gasteiger charge is 2.40. The van der Waals surface area contributed by atoms with Crippen LogP contribution in [0, 0.1) is 0 Å². The van der Waals surface area contributed by atoms with E-state index in [4.69, 9.17) is 4.52 Å². The molecule has 3 aromatic rings. The molecule has 1 fully saturated rings. The number of aromatic nitrogens is 2. The standard InChI is InChI=1S/C21H23N3O3S/c1-21(2,3)17-9-11-18(12-10-17)28(25,26)24-13-16(14-24)20-22-19(23-27-20)15-7-5-4-6-8-15/h4-12,16H,13-14H2,1-3H3. The van der Waals surface area contributed by atoms with Crippen LogP contribution in [0.5, 0.6) is 0 Å². The van der Waals surface area contributed by atoms with E-state index in [2.05, 4.69) is 30.9 Å². The molecule has 0 amide bonds. The average Bonchev–Trinajstić information content (AvgIpc) is 3.10. The van der Waals surface area contributed by atoms with Crippen LogP contribution in [-0.2, 0) is 15.4 Å². The van der Waals surface area contributed by atoms with Gasteiger partial charge in [0.05, 0.1) is 10.8 Å². The van der Waals surface area contributed by atoms with Gasteiger partial charge in [-0.25, -0.2) is 8.42 Å². The molecule has 0 unspecified atom stereocenters. The topological polar surface area (TPSA) is 76.3 Å². The molecule has 2 aromatic carbocycles. The molecule has 2 heterocycles. The first kappa shape index (κ1) is 18.8. The van der Waals surface area contributed by atoms with E-state index in [-0.39, 0.29) is 11.3 Å². The number of rotatable bonds is 4. The summed E-state index contributed by atoms with van der Waals surface area (Å²) in [4.78, 5) is 4.75. The molecule has 0 radical (unpaired) electrons. The molecule has 4 rings (SSSR count). The Balaban J connectivity index is 1.45. The Kier molecular flexibility index (Phi) is 4.59. The molecule has 0 aliphatic carbocycles. The maximum atomic E-state index is 12.8. The Morgan fingerprint density at radius 2 is 1.64 bits per heavy atom. The lowest BCUT2D eigenvalue weighted by Crippen LogP contribution is -2.48. The van der Waals surface area contributed by atoms with Crippen LogP contribution in [0.15, 0.2) is 64.0 Å². The van der Waals surface area contributed by atoms with E-state index >= 15 is 0 Å². The van der Waals surface area contributed by atoms with E-state index in [0.717, 1.165) is 11.1 Å². The average molecular weight is 398 g/mol. The summed E-state index contributed by atoms with van der Waals surface area (Å²) in [5, 5.41) is 4.01. The van der Waals surface area contributed by atoms with Gasteiger partial charge in [-0.15, -0.1) is 0 Å². The molecule has 1 aliphatic rings. The van der Waals surface area contributed by atoms with Crippen molar-refractivity contribution < 1.29 is 12.9 Å². The zero-order valence-electron chi connectivity index (χ0n) is 16.2. The molecule has 0 bridgehead atoms. The number of nitrogens with zero attached hydrogens (tertiary/aromatic N) is 3. The van der Waals surface area contributed by atoms with Crippen molar-refractivity contribution in [2.45, 2.75) is 37.0 Å². The highest BCUT2D eigenvalue weighted by atomic mass is 32.2. The van der Waals surface area contributed by atoms with Crippen molar-refractivity contribution in [1.29, 1.82) is 0 Å². The minimum Gasteiger partial charge on any atom is -0.339 e. The summed E-state index contributed by atoms with van der Waals surface area (Å²) in [6, 6.07) is 16.7. The zero-order chi connectivity index (χ0) is 19.9. The second-order valence-electron chi connectivity index (χ2n) is 8.12. The van der Waals surface area contributed by atoms with E-state index in [1.807, 2.05) is 42.5 Å². The molecule has 1 aliphatic heterocycles. The van der Waals surface area contributed by atoms with Gasteiger partial charge in [0.1, 0.15) is 0 Å². The van der Waals surface area contributed by atoms with Crippen LogP contribution in [0.25, 0.3) is 11.4 Å². The minimum atomic E-state index is -3.51. The van der Waals surface area contributed by atoms with Crippen LogP contribution in [0.1, 0.15) is 38.1 Å². The van der Waals surface area contributed by atoms with Gasteiger partial charge in [0.15, 0.2) is 0 Å². The van der Waals surface area contributed by atoms with Crippen molar-refractivity contribution in [3.8, 4) is 11.4 Å². The molecule has 0 N–H and O–H groups in total. The lowest BCUT2D eigenvalue weighted by atomic mass is 9.87. The van der Waals surface area contributed by atoms with Crippen LogP contribution in [-0.4, -0.2) is 36.0 Å². The minimum absolute atomic E-state index is 0.0153. The van der Waals surface area contributed by atoms with Gasteiger partial charge >= 0.3 is 0 Å². The first-order valence-electron chi connectivity index (χ1n) is 9.25. The molecule has 0 atom stereocenters. The van der Waals surface area contributed by atoms with E-state index in [9.17, 15) is 8.42 Å². The lowest BCUT2D eigenvalue weighted by molar-refractivity contribution is 0.217. The number of hydrogen-bond acceptors (Lipinski definition) is 5. The Morgan fingerprint density at radius 3 is 2.25 bits per heavy atom. The fourth-order valence-electron chi connectivity index (χ4n) is 3.17. The fourth-order valence-corrected chi connectivity index (χ4v) is 4.70. The van der Waals surface area contributed by atoms with Crippen molar-refractivity contribution in [3.63, 3.8) is 0 Å². The molecule has 1 aromatic heterocycles. The third kappa shape index (κ3) is 3.47. The second kappa shape index (κ2) is 6.83. The summed E-state index contributed by atoms with van der Waals surface area (Å²) >= 11 is 0. The van der Waals surface area contributed by atoms with E-state index < -0.39 is 10.0 Å². The predicted octanol–water partition coefficient (Wildman–Crippen LogP) is 3.82. The first-order chi connectivity index (χ1) is 13.2. The number of hydrogen-bond donors (Lipinski definition) is 0. The molecule has 146 valence electrons. The Morgan fingerprint density at radius 1 is 1.00 bits per heavy atom. The molecule has 0 spiro atoms. The Labute approximate surface area is 165 Å². The van der Waals surface area contributed by atoms with Gasteiger partial charge in [0.25, 0.3) is 0 Å². The van der Waals surface area contributed by atoms with Crippen LogP contribution >= 0.6 is 0 Å². The molecule has 0 saturated carbocycles. The fraction of sp³-hybridized carbons (Fsp3) is 0.333. The van der Waals surface area contributed by atoms with E-state index in [0.29, 0.717) is 29.7 Å². The monoisotopic (exact) mass is 397 g/mol. The highest BCUT2D eigenvalue weighted by molar-refractivity contribution is 7.89. The second-order valence-corrected chi connectivity index (χ2v) is 10.1. The van der Waals surface area contributed by atoms with Gasteiger partial charge in [-0.3, -0.25) is 0 Å². The summed E-state index contributed by atoms with van der Waals surface area (Å²) in [5.41, 5.74) is 1.96. The van der Waals surface area contributed by atoms with Crippen LogP contribution in [0.2, 0.25) is 0 Å². The van der Waals surface area contributed by atoms with Crippen LogP contribution in [0.3, 0.4) is 0 Å². The maximum Gasteiger partial charge on any atom is 0.243 e. The summed E-state index contributed by atoms with van der Waals surface area (Å²) in [6.45, 7) is 7.00. The van der Waals surface area contributed by atoms with Crippen molar-refractivity contribution in [2.75, 3.05) is 13.1 Å². The van der Waals surface area contributed by atoms with Crippen LogP contribution < -0.4 is 0 Å². The Bertz CT molecular complexity index is 1060. The largest absolute Gasteiger partial charge is 0.339 e. The van der Waals surface area contributed by atoms with E-state index in [1.54, 1.807) is 12.1 Å². The molecule has 6 nitrogen and oxygen atoms in total. The van der Waals surface area contributed by atoms with Gasteiger partial charge < -0.3 is 4.52 Å². The normalized spacial score (nSPS) is 16.1. The molecular formula is C21H23N3O3S. The predicted molar refractivity (Wildman–Crippen MR) is 106 cm³/mol. The van der Waals surface area contributed by atoms with Crippen molar-refractivity contribution in [1.82, 2.24) is 14.4 Å². The van der Waals surface area contributed by atoms with Crippen molar-refractivity contribution >= 4 is 10.0 Å². The smallest absolute Gasteiger partial charge is 0.243 e. The number of sulfonamides is 1. The molecular weight excluding hydrogens is 374 g/mol. The van der Waals surface area contributed by atoms with Crippen molar-refractivity contribution in [2.24, 2.45) is 0 Å². The SMILES string of the molecule is CC(C)(C)c1ccc(S(=O)(=O)N2CC(c3nc(-c4ccccc4)no3)C2)cc1. The highest BCUT2D eigenvalue weighted by Crippen LogP contribution is 2.33. The summed E-state index contributed by atoms with van der Waals surface area (Å²) in [7, 11) is -3.51. The van der Waals surface area contributed by atoms with E-state index in [1.165, 1.54) is 4.31 Å². The third-order valence-corrected chi connectivity index (χ3v) is 6.87. The zero-order valence-corrected chi connectivity index (χ0v) is 17.0. The summed E-state index contributed by atoms with van der Waals surface area (Å²) in [6.07, 6.45) is 0. The van der Waals surface area contributed by atoms with Gasteiger partial charge in [0.2, 0.25) is 21.7 Å². The molecule has 1 saturated heterocycles. The third-order valence-electron chi connectivity index (χ3n) is 5.03. The van der Waals surface area contributed by atoms with Crippen LogP contribution in [0.4, 0.5) is 0 Å². The lowest BCUT2D eigenvalue weighted by Gasteiger charge is -2.35. The van der Waals surface area contributed by atoms with Gasteiger partial charge in [-0.1, -0.05) is 68.4 Å². The Hall–Kier alpha value is -2.51. The molecule has 7 heteroatoms. The first-order valence-corrected chi connectivity index (χ1v) is 10.7. The van der Waals surface area contributed by atoms with Crippen molar-refractivity contribution in [3.05, 3.63) is 66.1 Å². The molecule has 28 heavy (non-hydrogen) atoms. The summed E-state index contributed by atoms with van der Waals surface area (Å²) in [5.74, 6) is 0.927. The quantitative estimate of drug-likeness (QED) is 0.669. The maximum absolute atomic E-state index is 12.8. The number of benzene rings is 2.